The molecule has 1 aromatic heterocycles. The normalized spacial score (nSPS) is 15.8. The van der Waals surface area contributed by atoms with Crippen molar-refractivity contribution in [2.24, 2.45) is 0 Å². The Morgan fingerprint density at radius 1 is 1.06 bits per heavy atom. The molecule has 1 fully saturated rings. The van der Waals surface area contributed by atoms with Gasteiger partial charge in [-0.1, -0.05) is 49.4 Å². The van der Waals surface area contributed by atoms with Crippen LogP contribution in [0.5, 0.6) is 5.75 Å². The Morgan fingerprint density at radius 3 is 2.32 bits per heavy atom. The number of halogens is 3. The van der Waals surface area contributed by atoms with Gasteiger partial charge in [0, 0.05) is 32.7 Å². The molecule has 3 N–H and O–H groups in total. The van der Waals surface area contributed by atoms with Crippen LogP contribution in [-0.4, -0.2) is 79.2 Å². The number of alkyl halides is 3. The first kappa shape index (κ1) is 35.6. The summed E-state index contributed by atoms with van der Waals surface area (Å²) in [5.41, 5.74) is 2.28. The van der Waals surface area contributed by atoms with Gasteiger partial charge >= 0.3 is 12.3 Å². The van der Waals surface area contributed by atoms with E-state index in [1.165, 1.54) is 0 Å². The predicted molar refractivity (Wildman–Crippen MR) is 167 cm³/mol. The molecule has 0 spiro atoms. The van der Waals surface area contributed by atoms with Crippen molar-refractivity contribution in [3.05, 3.63) is 70.2 Å². The van der Waals surface area contributed by atoms with E-state index >= 15 is 0 Å². The molecule has 2 amide bonds. The Labute approximate surface area is 273 Å². The minimum Gasteiger partial charge on any atom is -0.481 e. The van der Waals surface area contributed by atoms with Crippen LogP contribution in [0.2, 0.25) is 0 Å². The van der Waals surface area contributed by atoms with Crippen LogP contribution in [0, 0.1) is 6.92 Å². The molecule has 17 heteroatoms. The van der Waals surface area contributed by atoms with E-state index in [2.05, 4.69) is 34.2 Å². The van der Waals surface area contributed by atoms with Crippen LogP contribution < -0.4 is 20.3 Å². The van der Waals surface area contributed by atoms with E-state index < -0.39 is 46.0 Å². The first-order valence-corrected chi connectivity index (χ1v) is 16.8. The number of carboxylic acid groups (broad SMARTS) is 1. The number of carbonyl (C=O) groups is 3. The molecule has 1 aliphatic rings. The minimum atomic E-state index is -4.96. The van der Waals surface area contributed by atoms with Gasteiger partial charge in [-0.05, 0) is 48.2 Å². The average Bonchev–Trinajstić information content (AvgIpc) is 3.40. The van der Waals surface area contributed by atoms with Crippen molar-refractivity contribution in [3.8, 4) is 5.75 Å². The summed E-state index contributed by atoms with van der Waals surface area (Å²) in [6.45, 7) is 5.51. The molecule has 12 nitrogen and oxygen atoms in total. The highest BCUT2D eigenvalue weighted by Gasteiger charge is 2.41. The number of aliphatic carboxylic acids is 1. The topological polar surface area (TPSA) is 158 Å². The number of rotatable bonds is 12. The van der Waals surface area contributed by atoms with Gasteiger partial charge in [0.15, 0.2) is 5.13 Å². The van der Waals surface area contributed by atoms with Gasteiger partial charge in [0.2, 0.25) is 15.9 Å². The van der Waals surface area contributed by atoms with Gasteiger partial charge in [0.05, 0.1) is 17.0 Å². The number of thiazole rings is 1. The van der Waals surface area contributed by atoms with Gasteiger partial charge in [-0.25, -0.2) is 13.4 Å². The van der Waals surface area contributed by atoms with E-state index in [1.807, 2.05) is 24.3 Å². The lowest BCUT2D eigenvalue weighted by Gasteiger charge is -2.39. The zero-order chi connectivity index (χ0) is 34.5. The van der Waals surface area contributed by atoms with Crippen LogP contribution in [0.3, 0.4) is 0 Å². The van der Waals surface area contributed by atoms with Crippen LogP contribution in [0.4, 0.5) is 18.3 Å². The molecule has 0 bridgehead atoms. The molecule has 1 atom stereocenters. The summed E-state index contributed by atoms with van der Waals surface area (Å²) in [6, 6.07) is 10.1. The number of nitrogens with one attached hydrogen (secondary N) is 2. The molecular formula is C30H34F3N5O7S2. The van der Waals surface area contributed by atoms with Crippen molar-refractivity contribution >= 4 is 44.3 Å². The molecule has 2 aromatic carbocycles. The van der Waals surface area contributed by atoms with Crippen molar-refractivity contribution in [1.82, 2.24) is 19.9 Å². The average molecular weight is 698 g/mol. The number of nitrogens with zero attached hydrogens (tertiary/aromatic N) is 3. The third kappa shape index (κ3) is 9.20. The standard InChI is InChI=1S/C30H34F3N5O7S2/c1-18(2)21-6-4-20(5-7-21)16-35-27(41)24-17-37(29-36-19(3)26(46-29)28(42)34-13-12-25(39)40)14-15-38(24)47(43,44)23-10-8-22(9-11-23)45-30(31,32)33/h4-11,18,24H,12-17H2,1-3H3,(H,34,42)(H,35,41)(H,39,40). The van der Waals surface area contributed by atoms with E-state index in [4.69, 9.17) is 5.11 Å². The number of aromatic nitrogens is 1. The van der Waals surface area contributed by atoms with Crippen molar-refractivity contribution in [2.45, 2.75) is 57.0 Å². The van der Waals surface area contributed by atoms with Crippen LogP contribution in [-0.2, 0) is 26.2 Å². The lowest BCUT2D eigenvalue weighted by Crippen LogP contribution is -2.60. The number of anilines is 1. The SMILES string of the molecule is Cc1nc(N2CCN(S(=O)(=O)c3ccc(OC(F)(F)F)cc3)C(C(=O)NCc3ccc(C(C)C)cc3)C2)sc1C(=O)NCCC(=O)O. The molecule has 0 saturated carbocycles. The molecule has 0 radical (unpaired) electrons. The molecule has 0 aliphatic carbocycles. The van der Waals surface area contributed by atoms with E-state index in [0.717, 1.165) is 51.0 Å². The third-order valence-electron chi connectivity index (χ3n) is 7.30. The zero-order valence-corrected chi connectivity index (χ0v) is 27.3. The maximum Gasteiger partial charge on any atom is 0.573 e. The van der Waals surface area contributed by atoms with Crippen molar-refractivity contribution in [1.29, 1.82) is 0 Å². The number of carboxylic acids is 1. The zero-order valence-electron chi connectivity index (χ0n) is 25.7. The molecule has 1 saturated heterocycles. The largest absolute Gasteiger partial charge is 0.573 e. The van der Waals surface area contributed by atoms with Crippen molar-refractivity contribution in [2.75, 3.05) is 31.1 Å². The van der Waals surface area contributed by atoms with Gasteiger partial charge in [-0.15, -0.1) is 13.2 Å². The van der Waals surface area contributed by atoms with Crippen molar-refractivity contribution in [3.63, 3.8) is 0 Å². The maximum absolute atomic E-state index is 13.8. The summed E-state index contributed by atoms with van der Waals surface area (Å²) in [5.74, 6) is -2.47. The number of piperazine rings is 1. The summed E-state index contributed by atoms with van der Waals surface area (Å²) >= 11 is 1.02. The Balaban J connectivity index is 1.58. The molecular weight excluding hydrogens is 663 g/mol. The highest BCUT2D eigenvalue weighted by Crippen LogP contribution is 2.31. The Hall–Kier alpha value is -4.22. The molecule has 4 rings (SSSR count). The van der Waals surface area contributed by atoms with Crippen molar-refractivity contribution < 1.29 is 45.8 Å². The van der Waals surface area contributed by atoms with Crippen LogP contribution in [0.25, 0.3) is 0 Å². The van der Waals surface area contributed by atoms with Crippen LogP contribution in [0.15, 0.2) is 53.4 Å². The minimum absolute atomic E-state index is 0.0802. The second-order valence-corrected chi connectivity index (χ2v) is 13.9. The van der Waals surface area contributed by atoms with Gasteiger partial charge < -0.3 is 25.4 Å². The predicted octanol–water partition coefficient (Wildman–Crippen LogP) is 3.87. The monoisotopic (exact) mass is 697 g/mol. The van der Waals surface area contributed by atoms with E-state index in [1.54, 1.807) is 11.8 Å². The van der Waals surface area contributed by atoms with Gasteiger partial charge in [-0.3, -0.25) is 14.4 Å². The maximum atomic E-state index is 13.8. The number of hydrogen-bond acceptors (Lipinski definition) is 9. The Morgan fingerprint density at radius 2 is 1.72 bits per heavy atom. The van der Waals surface area contributed by atoms with Crippen LogP contribution in [0.1, 0.15) is 52.7 Å². The van der Waals surface area contributed by atoms with E-state index in [9.17, 15) is 36.0 Å². The third-order valence-corrected chi connectivity index (χ3v) is 10.4. The number of ether oxygens (including phenoxy) is 1. The molecule has 2 heterocycles. The van der Waals surface area contributed by atoms with E-state index in [-0.39, 0.29) is 48.9 Å². The number of carbonyl (C=O) groups excluding carboxylic acids is 2. The van der Waals surface area contributed by atoms with Gasteiger partial charge in [-0.2, -0.15) is 4.31 Å². The fourth-order valence-corrected chi connectivity index (χ4v) is 7.40. The highest BCUT2D eigenvalue weighted by atomic mass is 32.2. The van der Waals surface area contributed by atoms with Crippen LogP contribution >= 0.6 is 11.3 Å². The number of amides is 2. The fraction of sp³-hybridized carbons (Fsp3) is 0.400. The summed E-state index contributed by atoms with van der Waals surface area (Å²) in [5, 5.41) is 14.5. The van der Waals surface area contributed by atoms with Gasteiger partial charge in [0.25, 0.3) is 5.91 Å². The Kier molecular flexibility index (Phi) is 11.1. The lowest BCUT2D eigenvalue weighted by atomic mass is 10.0. The highest BCUT2D eigenvalue weighted by molar-refractivity contribution is 7.89. The molecule has 254 valence electrons. The Bertz CT molecular complexity index is 1700. The summed E-state index contributed by atoms with van der Waals surface area (Å²) < 4.78 is 70.3. The van der Waals surface area contributed by atoms with E-state index in [0.29, 0.717) is 16.7 Å². The number of sulfonamides is 1. The summed E-state index contributed by atoms with van der Waals surface area (Å²) in [7, 11) is -4.37. The second-order valence-electron chi connectivity index (χ2n) is 11.0. The fourth-order valence-electron chi connectivity index (χ4n) is 4.81. The molecule has 3 aromatic rings. The quantitative estimate of drug-likeness (QED) is 0.256. The number of benzene rings is 2. The lowest BCUT2D eigenvalue weighted by molar-refractivity contribution is -0.274. The first-order valence-electron chi connectivity index (χ1n) is 14.5. The molecule has 47 heavy (non-hydrogen) atoms. The number of aryl methyl sites for hydroxylation is 1. The first-order chi connectivity index (χ1) is 22.0. The summed E-state index contributed by atoms with van der Waals surface area (Å²) in [4.78, 5) is 43.2. The molecule has 1 aliphatic heterocycles. The smallest absolute Gasteiger partial charge is 0.481 e. The second kappa shape index (κ2) is 14.7. The molecule has 1 unspecified atom stereocenters. The summed E-state index contributed by atoms with van der Waals surface area (Å²) in [6.07, 6.45) is -5.22. The number of hydrogen-bond donors (Lipinski definition) is 3. The van der Waals surface area contributed by atoms with Gasteiger partial charge in [0.1, 0.15) is 16.7 Å².